The summed E-state index contributed by atoms with van der Waals surface area (Å²) in [4.78, 5) is 26.0. The van der Waals surface area contributed by atoms with Crippen LogP contribution in [0, 0.1) is 0 Å². The minimum Gasteiger partial charge on any atom is -0.441 e. The number of carbonyl (C=O) groups is 1. The van der Waals surface area contributed by atoms with Crippen LogP contribution in [-0.4, -0.2) is 51.9 Å². The van der Waals surface area contributed by atoms with Gasteiger partial charge in [0.05, 0.1) is 11.7 Å². The quantitative estimate of drug-likeness (QED) is 0.413. The second-order valence-corrected chi connectivity index (χ2v) is 8.71. The van der Waals surface area contributed by atoms with E-state index in [0.29, 0.717) is 29.5 Å². The van der Waals surface area contributed by atoms with E-state index in [1.54, 1.807) is 6.20 Å². The number of fused-ring (bicyclic) bond motifs is 1. The number of amides is 1. The minimum atomic E-state index is 0.146. The number of oxazole rings is 1. The van der Waals surface area contributed by atoms with Crippen LogP contribution in [0.2, 0.25) is 5.02 Å². The molecule has 0 radical (unpaired) electrons. The fraction of sp³-hybridized carbons (Fsp3) is 0.269. The van der Waals surface area contributed by atoms with Crippen LogP contribution in [0.1, 0.15) is 17.9 Å². The molecule has 0 spiro atoms. The molecule has 5 rings (SSSR count). The lowest BCUT2D eigenvalue weighted by Crippen LogP contribution is -2.48. The van der Waals surface area contributed by atoms with Gasteiger partial charge in [-0.3, -0.25) is 14.7 Å². The van der Waals surface area contributed by atoms with Crippen molar-refractivity contribution in [2.24, 2.45) is 0 Å². The molecule has 2 aromatic heterocycles. The number of halogens is 1. The fourth-order valence-electron chi connectivity index (χ4n) is 4.24. The molecule has 1 aliphatic heterocycles. The molecule has 3 heterocycles. The first-order valence-corrected chi connectivity index (χ1v) is 11.6. The Labute approximate surface area is 197 Å². The van der Waals surface area contributed by atoms with Gasteiger partial charge in [-0.25, -0.2) is 4.98 Å². The van der Waals surface area contributed by atoms with Crippen molar-refractivity contribution in [3.63, 3.8) is 0 Å². The predicted molar refractivity (Wildman–Crippen MR) is 129 cm³/mol. The number of hydrogen-bond donors (Lipinski definition) is 0. The van der Waals surface area contributed by atoms with Crippen LogP contribution in [0.5, 0.6) is 0 Å². The van der Waals surface area contributed by atoms with Gasteiger partial charge in [0.1, 0.15) is 0 Å². The predicted octanol–water partition coefficient (Wildman–Crippen LogP) is 4.82. The summed E-state index contributed by atoms with van der Waals surface area (Å²) in [7, 11) is 0. The van der Waals surface area contributed by atoms with Crippen molar-refractivity contribution in [3.8, 4) is 11.3 Å². The van der Waals surface area contributed by atoms with Gasteiger partial charge in [0.15, 0.2) is 11.7 Å². The maximum absolute atomic E-state index is 12.7. The summed E-state index contributed by atoms with van der Waals surface area (Å²) in [6, 6.07) is 17.8. The van der Waals surface area contributed by atoms with E-state index in [1.807, 2.05) is 41.4 Å². The zero-order valence-corrected chi connectivity index (χ0v) is 19.0. The normalized spacial score (nSPS) is 14.6. The fourth-order valence-corrected chi connectivity index (χ4v) is 4.36. The van der Waals surface area contributed by atoms with Crippen LogP contribution in [0.4, 0.5) is 0 Å². The van der Waals surface area contributed by atoms with Crippen molar-refractivity contribution in [2.75, 3.05) is 26.2 Å². The number of rotatable bonds is 6. The number of hydrogen-bond acceptors (Lipinski definition) is 5. The molecule has 0 atom stereocenters. The Balaban J connectivity index is 1.12. The molecule has 0 saturated carbocycles. The van der Waals surface area contributed by atoms with Crippen molar-refractivity contribution < 1.29 is 9.21 Å². The Morgan fingerprint density at radius 3 is 2.58 bits per heavy atom. The van der Waals surface area contributed by atoms with Gasteiger partial charge in [0, 0.05) is 67.7 Å². The van der Waals surface area contributed by atoms with Gasteiger partial charge in [-0.05, 0) is 35.9 Å². The molecule has 33 heavy (non-hydrogen) atoms. The molecule has 2 aromatic carbocycles. The van der Waals surface area contributed by atoms with Crippen molar-refractivity contribution in [2.45, 2.75) is 19.4 Å². The minimum absolute atomic E-state index is 0.146. The molecule has 4 aromatic rings. The van der Waals surface area contributed by atoms with Crippen LogP contribution in [-0.2, 0) is 17.8 Å². The molecule has 0 N–H and O–H groups in total. The summed E-state index contributed by atoms with van der Waals surface area (Å²) in [6.07, 6.45) is 4.43. The lowest BCUT2D eigenvalue weighted by Gasteiger charge is -2.34. The molecule has 1 saturated heterocycles. The summed E-state index contributed by atoms with van der Waals surface area (Å²) < 4.78 is 5.83. The van der Waals surface area contributed by atoms with Gasteiger partial charge in [0.25, 0.3) is 0 Å². The number of aryl methyl sites for hydroxylation is 1. The highest BCUT2D eigenvalue weighted by molar-refractivity contribution is 6.30. The Bertz CT molecular complexity index is 1240. The third kappa shape index (κ3) is 5.07. The highest BCUT2D eigenvalue weighted by atomic mass is 35.5. The van der Waals surface area contributed by atoms with Crippen LogP contribution >= 0.6 is 11.6 Å². The number of pyridine rings is 1. The lowest BCUT2D eigenvalue weighted by molar-refractivity contribution is -0.133. The third-order valence-corrected chi connectivity index (χ3v) is 6.32. The van der Waals surface area contributed by atoms with E-state index in [4.69, 9.17) is 16.0 Å². The Hall–Kier alpha value is -3.22. The molecule has 6 nitrogen and oxygen atoms in total. The molecule has 0 unspecified atom stereocenters. The maximum atomic E-state index is 12.7. The largest absolute Gasteiger partial charge is 0.441 e. The zero-order valence-electron chi connectivity index (χ0n) is 18.3. The van der Waals surface area contributed by atoms with Gasteiger partial charge < -0.3 is 9.32 Å². The SMILES string of the molecule is O=C(CCc1ncc(-c2ccc(Cl)cc2)o1)N1CCN(Cc2cccc3cccnc23)CC1. The summed E-state index contributed by atoms with van der Waals surface area (Å²) >= 11 is 5.94. The number of aromatic nitrogens is 2. The van der Waals surface area contributed by atoms with Gasteiger partial charge >= 0.3 is 0 Å². The standard InChI is InChI=1S/C26H25ClN4O2/c27-22-8-6-19(7-9-22)23-17-29-24(33-23)10-11-25(32)31-15-13-30(14-16-31)18-21-4-1-3-20-5-2-12-28-26(20)21/h1-9,12,17H,10-11,13-16,18H2. The van der Waals surface area contributed by atoms with Crippen LogP contribution in [0.3, 0.4) is 0 Å². The monoisotopic (exact) mass is 460 g/mol. The first-order chi connectivity index (χ1) is 16.2. The van der Waals surface area contributed by atoms with Gasteiger partial charge in [0.2, 0.25) is 5.91 Å². The molecule has 1 aliphatic rings. The second kappa shape index (κ2) is 9.73. The number of para-hydroxylation sites is 1. The summed E-state index contributed by atoms with van der Waals surface area (Å²) in [5.74, 6) is 1.41. The molecule has 1 fully saturated rings. The maximum Gasteiger partial charge on any atom is 0.223 e. The van der Waals surface area contributed by atoms with Gasteiger partial charge in [-0.15, -0.1) is 0 Å². The molecule has 7 heteroatoms. The number of carbonyl (C=O) groups excluding carboxylic acids is 1. The molecular weight excluding hydrogens is 436 g/mol. The van der Waals surface area contributed by atoms with Crippen molar-refractivity contribution in [3.05, 3.63) is 83.5 Å². The van der Waals surface area contributed by atoms with Crippen LogP contribution in [0.25, 0.3) is 22.2 Å². The first-order valence-electron chi connectivity index (χ1n) is 11.2. The van der Waals surface area contributed by atoms with E-state index < -0.39 is 0 Å². The smallest absolute Gasteiger partial charge is 0.223 e. The van der Waals surface area contributed by atoms with Crippen molar-refractivity contribution >= 4 is 28.4 Å². The topological polar surface area (TPSA) is 62.5 Å². The van der Waals surface area contributed by atoms with E-state index in [2.05, 4.69) is 39.1 Å². The number of piperazine rings is 1. The Morgan fingerprint density at radius 1 is 0.970 bits per heavy atom. The summed E-state index contributed by atoms with van der Waals surface area (Å²) in [5, 5.41) is 1.84. The van der Waals surface area contributed by atoms with Crippen LogP contribution < -0.4 is 0 Å². The molecular formula is C26H25ClN4O2. The molecule has 168 valence electrons. The van der Waals surface area contributed by atoms with Crippen molar-refractivity contribution in [1.82, 2.24) is 19.8 Å². The molecule has 0 bridgehead atoms. The Morgan fingerprint density at radius 2 is 1.76 bits per heavy atom. The van der Waals surface area contributed by atoms with E-state index in [1.165, 1.54) is 5.56 Å². The number of benzene rings is 2. The van der Waals surface area contributed by atoms with E-state index in [-0.39, 0.29) is 5.91 Å². The second-order valence-electron chi connectivity index (χ2n) is 8.27. The first kappa shape index (κ1) is 21.6. The summed E-state index contributed by atoms with van der Waals surface area (Å²) in [5.41, 5.74) is 3.21. The van der Waals surface area contributed by atoms with E-state index in [9.17, 15) is 4.79 Å². The zero-order chi connectivity index (χ0) is 22.6. The van der Waals surface area contributed by atoms with Gasteiger partial charge in [-0.2, -0.15) is 0 Å². The van der Waals surface area contributed by atoms with E-state index >= 15 is 0 Å². The van der Waals surface area contributed by atoms with E-state index in [0.717, 1.165) is 49.2 Å². The highest BCUT2D eigenvalue weighted by Gasteiger charge is 2.22. The van der Waals surface area contributed by atoms with Crippen LogP contribution in [0.15, 0.2) is 71.4 Å². The highest BCUT2D eigenvalue weighted by Crippen LogP contribution is 2.23. The molecule has 0 aliphatic carbocycles. The third-order valence-electron chi connectivity index (χ3n) is 6.07. The Kier molecular flexibility index (Phi) is 6.37. The molecule has 1 amide bonds. The average molecular weight is 461 g/mol. The average Bonchev–Trinajstić information content (AvgIpc) is 3.33. The lowest BCUT2D eigenvalue weighted by atomic mass is 10.1. The van der Waals surface area contributed by atoms with Gasteiger partial charge in [-0.1, -0.05) is 35.9 Å². The summed E-state index contributed by atoms with van der Waals surface area (Å²) in [6.45, 7) is 4.03. The number of nitrogens with zero attached hydrogens (tertiary/aromatic N) is 4. The van der Waals surface area contributed by atoms with Crippen molar-refractivity contribution in [1.29, 1.82) is 0 Å².